The van der Waals surface area contributed by atoms with E-state index in [1.807, 2.05) is 29.2 Å². The molecule has 6 heteroatoms. The molecule has 0 spiro atoms. The van der Waals surface area contributed by atoms with Crippen LogP contribution in [-0.2, 0) is 16.2 Å². The van der Waals surface area contributed by atoms with Gasteiger partial charge in [-0.1, -0.05) is 77.6 Å². The predicted octanol–water partition coefficient (Wildman–Crippen LogP) is 5.71. The summed E-state index contributed by atoms with van der Waals surface area (Å²) in [5, 5.41) is 5.27. The van der Waals surface area contributed by atoms with Gasteiger partial charge in [-0.05, 0) is 30.5 Å². The highest BCUT2D eigenvalue weighted by molar-refractivity contribution is 6.42. The van der Waals surface area contributed by atoms with Crippen LogP contribution >= 0.6 is 23.2 Å². The van der Waals surface area contributed by atoms with Gasteiger partial charge >= 0.3 is 0 Å². The van der Waals surface area contributed by atoms with Crippen molar-refractivity contribution in [2.45, 2.75) is 44.8 Å². The van der Waals surface area contributed by atoms with Gasteiger partial charge in [-0.15, -0.1) is 0 Å². The number of hydrogen-bond acceptors (Lipinski definition) is 3. The van der Waals surface area contributed by atoms with Crippen LogP contribution < -0.4 is 0 Å². The van der Waals surface area contributed by atoms with Gasteiger partial charge in [-0.2, -0.15) is 0 Å². The van der Waals surface area contributed by atoms with Crippen molar-refractivity contribution in [1.82, 2.24) is 4.90 Å². The first-order valence-corrected chi connectivity index (χ1v) is 10.9. The second-order valence-electron chi connectivity index (χ2n) is 7.78. The van der Waals surface area contributed by atoms with Gasteiger partial charge < -0.3 is 9.74 Å². The van der Waals surface area contributed by atoms with Crippen molar-refractivity contribution in [2.24, 2.45) is 11.1 Å². The number of rotatable bonds is 6. The minimum absolute atomic E-state index is 0.135. The molecule has 2 aliphatic rings. The highest BCUT2D eigenvalue weighted by Gasteiger charge is 2.31. The average molecular weight is 431 g/mol. The summed E-state index contributed by atoms with van der Waals surface area (Å²) in [4.78, 5) is 20.8. The molecule has 4 rings (SSSR count). The topological polar surface area (TPSA) is 41.9 Å². The van der Waals surface area contributed by atoms with Gasteiger partial charge in [-0.3, -0.25) is 4.79 Å². The summed E-state index contributed by atoms with van der Waals surface area (Å²) in [5.74, 6) is 0.369. The molecule has 0 N–H and O–H groups in total. The lowest BCUT2D eigenvalue weighted by molar-refractivity contribution is -0.137. The van der Waals surface area contributed by atoms with Crippen molar-refractivity contribution in [2.75, 3.05) is 6.54 Å². The summed E-state index contributed by atoms with van der Waals surface area (Å²) < 4.78 is 0. The number of benzene rings is 2. The molecule has 1 saturated carbocycles. The van der Waals surface area contributed by atoms with Crippen LogP contribution in [0.15, 0.2) is 53.7 Å². The Bertz CT molecular complexity index is 895. The zero-order valence-electron chi connectivity index (χ0n) is 16.2. The average Bonchev–Trinajstić information content (AvgIpc) is 3.42. The Labute approximate surface area is 181 Å². The smallest absolute Gasteiger partial charge is 0.226 e. The molecular weight excluding hydrogens is 407 g/mol. The monoisotopic (exact) mass is 430 g/mol. The Morgan fingerprint density at radius 1 is 1.07 bits per heavy atom. The van der Waals surface area contributed by atoms with Gasteiger partial charge in [0.1, 0.15) is 0 Å². The van der Waals surface area contributed by atoms with E-state index in [1.165, 1.54) is 0 Å². The number of oxime groups is 1. The van der Waals surface area contributed by atoms with Crippen LogP contribution in [0.3, 0.4) is 0 Å². The molecule has 2 aromatic carbocycles. The maximum Gasteiger partial charge on any atom is 0.226 e. The normalized spacial score (nSPS) is 19.1. The van der Waals surface area contributed by atoms with Crippen LogP contribution in [0.5, 0.6) is 0 Å². The standard InChI is InChI=1S/C23H24Cl2N2O2/c24-20-11-10-18(12-21(20)25)22-13-19(29-26-22)15-27(14-16-6-2-1-3-7-16)23(28)17-8-4-5-9-17/h1-3,6-7,10-12,17,19H,4-5,8-9,13-15H2. The maximum atomic E-state index is 13.2. The Morgan fingerprint density at radius 3 is 2.55 bits per heavy atom. The number of nitrogens with zero attached hydrogens (tertiary/aromatic N) is 2. The Balaban J connectivity index is 1.44. The minimum atomic E-state index is -0.159. The van der Waals surface area contributed by atoms with Crippen molar-refractivity contribution in [3.05, 3.63) is 69.7 Å². The minimum Gasteiger partial charge on any atom is -0.390 e. The van der Waals surface area contributed by atoms with Gasteiger partial charge in [0.2, 0.25) is 5.91 Å². The summed E-state index contributed by atoms with van der Waals surface area (Å²) >= 11 is 12.1. The summed E-state index contributed by atoms with van der Waals surface area (Å²) in [7, 11) is 0. The van der Waals surface area contributed by atoms with E-state index < -0.39 is 0 Å². The van der Waals surface area contributed by atoms with Crippen molar-refractivity contribution >= 4 is 34.8 Å². The molecule has 1 fully saturated rings. The highest BCUT2D eigenvalue weighted by atomic mass is 35.5. The molecule has 29 heavy (non-hydrogen) atoms. The van der Waals surface area contributed by atoms with Gasteiger partial charge in [-0.25, -0.2) is 0 Å². The van der Waals surface area contributed by atoms with Crippen LogP contribution in [-0.4, -0.2) is 29.2 Å². The first-order valence-electron chi connectivity index (χ1n) is 10.1. The Kier molecular flexibility index (Phi) is 6.41. The zero-order chi connectivity index (χ0) is 20.2. The summed E-state index contributed by atoms with van der Waals surface area (Å²) in [6, 6.07) is 15.6. The molecule has 1 aliphatic carbocycles. The molecule has 4 nitrogen and oxygen atoms in total. The fourth-order valence-electron chi connectivity index (χ4n) is 4.09. The largest absolute Gasteiger partial charge is 0.390 e. The van der Waals surface area contributed by atoms with E-state index in [-0.39, 0.29) is 17.9 Å². The SMILES string of the molecule is O=C(C1CCCC1)N(Cc1ccccc1)CC1CC(c2ccc(Cl)c(Cl)c2)=NO1. The highest BCUT2D eigenvalue weighted by Crippen LogP contribution is 2.29. The lowest BCUT2D eigenvalue weighted by atomic mass is 10.0. The first-order chi connectivity index (χ1) is 14.1. The molecule has 1 heterocycles. The zero-order valence-corrected chi connectivity index (χ0v) is 17.7. The number of carbonyl (C=O) groups is 1. The van der Waals surface area contributed by atoms with Gasteiger partial charge in [0.25, 0.3) is 0 Å². The van der Waals surface area contributed by atoms with Crippen LogP contribution in [0, 0.1) is 5.92 Å². The molecule has 0 aromatic heterocycles. The Hall–Kier alpha value is -2.04. The lowest BCUT2D eigenvalue weighted by Crippen LogP contribution is -2.40. The van der Waals surface area contributed by atoms with E-state index in [4.69, 9.17) is 28.0 Å². The van der Waals surface area contributed by atoms with Gasteiger partial charge in [0, 0.05) is 24.4 Å². The summed E-state index contributed by atoms with van der Waals surface area (Å²) in [6.07, 6.45) is 4.73. The van der Waals surface area contributed by atoms with Crippen LogP contribution in [0.25, 0.3) is 0 Å². The molecule has 0 saturated heterocycles. The summed E-state index contributed by atoms with van der Waals surface area (Å²) in [5.41, 5.74) is 2.86. The van der Waals surface area contributed by atoms with Crippen LogP contribution in [0.2, 0.25) is 10.0 Å². The predicted molar refractivity (Wildman–Crippen MR) is 116 cm³/mol. The third-order valence-electron chi connectivity index (χ3n) is 5.64. The fraction of sp³-hybridized carbons (Fsp3) is 0.391. The van der Waals surface area contributed by atoms with Crippen LogP contribution in [0.4, 0.5) is 0 Å². The maximum absolute atomic E-state index is 13.2. The summed E-state index contributed by atoms with van der Waals surface area (Å²) in [6.45, 7) is 1.12. The number of halogens is 2. The van der Waals surface area contributed by atoms with Gasteiger partial charge in [0.15, 0.2) is 6.10 Å². The molecule has 152 valence electrons. The second kappa shape index (κ2) is 9.19. The third-order valence-corrected chi connectivity index (χ3v) is 6.38. The van der Waals surface area contributed by atoms with Crippen molar-refractivity contribution < 1.29 is 9.63 Å². The molecule has 0 radical (unpaired) electrons. The molecule has 0 bridgehead atoms. The molecule has 1 atom stereocenters. The second-order valence-corrected chi connectivity index (χ2v) is 8.60. The van der Waals surface area contributed by atoms with E-state index >= 15 is 0 Å². The van der Waals surface area contributed by atoms with E-state index in [1.54, 1.807) is 12.1 Å². The number of carbonyl (C=O) groups excluding carboxylic acids is 1. The van der Waals surface area contributed by atoms with E-state index in [2.05, 4.69) is 17.3 Å². The van der Waals surface area contributed by atoms with E-state index in [9.17, 15) is 4.79 Å². The first kappa shape index (κ1) is 20.2. The van der Waals surface area contributed by atoms with E-state index in [0.717, 1.165) is 42.5 Å². The molecule has 1 aliphatic heterocycles. The molecule has 1 unspecified atom stereocenters. The van der Waals surface area contributed by atoms with Crippen molar-refractivity contribution in [1.29, 1.82) is 0 Å². The van der Waals surface area contributed by atoms with Crippen molar-refractivity contribution in [3.63, 3.8) is 0 Å². The fourth-order valence-corrected chi connectivity index (χ4v) is 4.38. The Morgan fingerprint density at radius 2 is 1.83 bits per heavy atom. The number of amides is 1. The third kappa shape index (κ3) is 4.93. The quantitative estimate of drug-likeness (QED) is 0.588. The molecule has 2 aromatic rings. The van der Waals surface area contributed by atoms with Gasteiger partial charge in [0.05, 0.1) is 22.3 Å². The number of hydrogen-bond donors (Lipinski definition) is 0. The van der Waals surface area contributed by atoms with E-state index in [0.29, 0.717) is 29.6 Å². The molecule has 1 amide bonds. The lowest BCUT2D eigenvalue weighted by Gasteiger charge is -2.27. The van der Waals surface area contributed by atoms with Crippen LogP contribution in [0.1, 0.15) is 43.2 Å². The molecular formula is C23H24Cl2N2O2. The van der Waals surface area contributed by atoms with Crippen molar-refractivity contribution in [3.8, 4) is 0 Å².